The van der Waals surface area contributed by atoms with Crippen LogP contribution in [-0.4, -0.2) is 49.8 Å². The maximum absolute atomic E-state index is 13.7. The van der Waals surface area contributed by atoms with Crippen LogP contribution in [-0.2, 0) is 24.7 Å². The fourth-order valence-electron chi connectivity index (χ4n) is 3.77. The summed E-state index contributed by atoms with van der Waals surface area (Å²) in [6, 6.07) is 14.4. The topological polar surface area (TPSA) is 119 Å². The van der Waals surface area contributed by atoms with Gasteiger partial charge in [0, 0.05) is 12.3 Å². The van der Waals surface area contributed by atoms with Gasteiger partial charge < -0.3 is 14.8 Å². The number of anilines is 1. The molecule has 38 heavy (non-hydrogen) atoms. The molecule has 0 aromatic heterocycles. The highest BCUT2D eigenvalue weighted by Crippen LogP contribution is 2.32. The number of halogens is 1. The molecule has 1 atom stereocenters. The first kappa shape index (κ1) is 28.9. The number of nitrogens with zero attached hydrogens (tertiary/aromatic N) is 1. The molecular weight excluding hydrogens is 535 g/mol. The van der Waals surface area contributed by atoms with Crippen molar-refractivity contribution in [3.05, 3.63) is 78.1 Å². The van der Waals surface area contributed by atoms with Crippen LogP contribution in [0.2, 0.25) is 0 Å². The Kier molecular flexibility index (Phi) is 9.00. The molecule has 1 unspecified atom stereocenters. The Hall–Kier alpha value is -3.64. The minimum absolute atomic E-state index is 0.0851. The van der Waals surface area contributed by atoms with Gasteiger partial charge in [-0.1, -0.05) is 19.1 Å². The van der Waals surface area contributed by atoms with Gasteiger partial charge in [0.2, 0.25) is 5.91 Å². The van der Waals surface area contributed by atoms with Crippen molar-refractivity contribution in [1.82, 2.24) is 5.32 Å². The molecule has 9 nitrogen and oxygen atoms in total. The molecule has 12 heteroatoms. The van der Waals surface area contributed by atoms with Gasteiger partial charge in [0.1, 0.15) is 12.4 Å². The third-order valence-corrected chi connectivity index (χ3v) is 8.70. The zero-order chi connectivity index (χ0) is 28.1. The number of ether oxygens (including phenoxy) is 2. The lowest BCUT2D eigenvalue weighted by atomic mass is 10.0. The molecule has 0 saturated heterocycles. The first-order valence-electron chi connectivity index (χ1n) is 11.5. The van der Waals surface area contributed by atoms with E-state index in [1.54, 1.807) is 12.1 Å². The van der Waals surface area contributed by atoms with Gasteiger partial charge in [0.15, 0.2) is 21.3 Å². The van der Waals surface area contributed by atoms with Crippen LogP contribution < -0.4 is 19.1 Å². The van der Waals surface area contributed by atoms with Crippen molar-refractivity contribution < 1.29 is 35.5 Å². The Morgan fingerprint density at radius 3 is 2.00 bits per heavy atom. The van der Waals surface area contributed by atoms with E-state index >= 15 is 0 Å². The lowest BCUT2D eigenvalue weighted by Gasteiger charge is -2.26. The minimum Gasteiger partial charge on any atom is -0.493 e. The van der Waals surface area contributed by atoms with E-state index in [4.69, 9.17) is 9.47 Å². The Labute approximate surface area is 222 Å². The summed E-state index contributed by atoms with van der Waals surface area (Å²) in [5.41, 5.74) is 0.742. The molecule has 3 aromatic carbocycles. The Morgan fingerprint density at radius 2 is 1.47 bits per heavy atom. The number of methoxy groups -OCH3 is 2. The van der Waals surface area contributed by atoms with Crippen LogP contribution in [0.25, 0.3) is 0 Å². The number of nitrogens with one attached hydrogen (secondary N) is 1. The molecule has 3 rings (SSSR count). The summed E-state index contributed by atoms with van der Waals surface area (Å²) in [7, 11) is -4.90. The van der Waals surface area contributed by atoms with Gasteiger partial charge in [-0.3, -0.25) is 9.10 Å². The second-order valence-electron chi connectivity index (χ2n) is 8.37. The molecule has 0 aliphatic carbocycles. The zero-order valence-corrected chi connectivity index (χ0v) is 23.0. The Morgan fingerprint density at radius 1 is 0.895 bits per heavy atom. The van der Waals surface area contributed by atoms with Crippen LogP contribution in [0, 0.1) is 5.82 Å². The first-order chi connectivity index (χ1) is 17.9. The summed E-state index contributed by atoms with van der Waals surface area (Å²) in [4.78, 5) is 13.1. The summed E-state index contributed by atoms with van der Waals surface area (Å²) >= 11 is 0. The highest BCUT2D eigenvalue weighted by Gasteiger charge is 2.29. The van der Waals surface area contributed by atoms with Crippen LogP contribution in [0.4, 0.5) is 10.1 Å². The summed E-state index contributed by atoms with van der Waals surface area (Å²) in [5.74, 6) is -0.673. The van der Waals surface area contributed by atoms with Gasteiger partial charge >= 0.3 is 0 Å². The van der Waals surface area contributed by atoms with E-state index in [1.165, 1.54) is 56.7 Å². The number of sulfone groups is 1. The number of amides is 1. The second kappa shape index (κ2) is 11.8. The van der Waals surface area contributed by atoms with Gasteiger partial charge in [-0.05, 0) is 60.5 Å². The van der Waals surface area contributed by atoms with Gasteiger partial charge in [-0.15, -0.1) is 0 Å². The minimum atomic E-state index is -4.30. The number of benzene rings is 3. The van der Waals surface area contributed by atoms with Gasteiger partial charge in [-0.2, -0.15) is 0 Å². The number of carbonyl (C=O) groups excluding carboxylic acids is 1. The van der Waals surface area contributed by atoms with Crippen molar-refractivity contribution in [3.8, 4) is 11.5 Å². The fraction of sp³-hybridized carbons (Fsp3) is 0.269. The summed E-state index contributed by atoms with van der Waals surface area (Å²) in [6.07, 6.45) is 1.56. The standard InChI is InChI=1S/C26H29FN2O7S2/c1-5-23(18-6-12-21(13-7-18)37(4,31)32)28-26(30)17-29(20-10-8-19(27)9-11-20)38(33,34)22-14-15-24(35-2)25(16-22)36-3/h6-16,23H,5,17H2,1-4H3,(H,28,30). The smallest absolute Gasteiger partial charge is 0.264 e. The fourth-order valence-corrected chi connectivity index (χ4v) is 5.83. The molecule has 0 radical (unpaired) electrons. The monoisotopic (exact) mass is 564 g/mol. The first-order valence-corrected chi connectivity index (χ1v) is 14.8. The third-order valence-electron chi connectivity index (χ3n) is 5.80. The summed E-state index contributed by atoms with van der Waals surface area (Å²) in [6.45, 7) is 1.23. The summed E-state index contributed by atoms with van der Waals surface area (Å²) in [5, 5.41) is 2.80. The quantitative estimate of drug-likeness (QED) is 0.377. The van der Waals surface area contributed by atoms with E-state index in [-0.39, 0.29) is 21.2 Å². The van der Waals surface area contributed by atoms with Crippen LogP contribution >= 0.6 is 0 Å². The zero-order valence-electron chi connectivity index (χ0n) is 21.3. The predicted molar refractivity (Wildman–Crippen MR) is 141 cm³/mol. The van der Waals surface area contributed by atoms with Crippen molar-refractivity contribution >= 4 is 31.5 Å². The van der Waals surface area contributed by atoms with E-state index in [1.807, 2.05) is 6.92 Å². The number of rotatable bonds is 11. The highest BCUT2D eigenvalue weighted by molar-refractivity contribution is 7.93. The molecule has 0 aliphatic heterocycles. The molecule has 204 valence electrons. The van der Waals surface area contributed by atoms with Crippen LogP contribution in [0.15, 0.2) is 76.5 Å². The van der Waals surface area contributed by atoms with Crippen molar-refractivity contribution in [2.24, 2.45) is 0 Å². The largest absolute Gasteiger partial charge is 0.493 e. The summed E-state index contributed by atoms with van der Waals surface area (Å²) < 4.78 is 75.8. The van der Waals surface area contributed by atoms with Crippen molar-refractivity contribution in [2.45, 2.75) is 29.2 Å². The van der Waals surface area contributed by atoms with Crippen molar-refractivity contribution in [3.63, 3.8) is 0 Å². The molecule has 0 fully saturated rings. The highest BCUT2D eigenvalue weighted by atomic mass is 32.2. The Bertz CT molecular complexity index is 1490. The van der Waals surface area contributed by atoms with Crippen molar-refractivity contribution in [2.75, 3.05) is 31.3 Å². The van der Waals surface area contributed by atoms with E-state index in [9.17, 15) is 26.0 Å². The van der Waals surface area contributed by atoms with Crippen LogP contribution in [0.5, 0.6) is 11.5 Å². The number of carbonyl (C=O) groups is 1. The van der Waals surface area contributed by atoms with Crippen molar-refractivity contribution in [1.29, 1.82) is 0 Å². The van der Waals surface area contributed by atoms with Gasteiger partial charge in [0.05, 0.1) is 35.7 Å². The lowest BCUT2D eigenvalue weighted by molar-refractivity contribution is -0.120. The molecule has 0 spiro atoms. The molecule has 0 aliphatic rings. The molecular formula is C26H29FN2O7S2. The maximum Gasteiger partial charge on any atom is 0.264 e. The normalized spacial score (nSPS) is 12.4. The lowest BCUT2D eigenvalue weighted by Crippen LogP contribution is -2.42. The van der Waals surface area contributed by atoms with Crippen LogP contribution in [0.1, 0.15) is 24.9 Å². The molecule has 1 N–H and O–H groups in total. The molecule has 3 aromatic rings. The van der Waals surface area contributed by atoms with E-state index < -0.39 is 44.2 Å². The molecule has 1 amide bonds. The maximum atomic E-state index is 13.7. The average molecular weight is 565 g/mol. The number of hydrogen-bond donors (Lipinski definition) is 1. The number of hydrogen-bond acceptors (Lipinski definition) is 7. The van der Waals surface area contributed by atoms with E-state index in [0.717, 1.165) is 22.7 Å². The molecule has 0 saturated carbocycles. The Balaban J connectivity index is 1.93. The van der Waals surface area contributed by atoms with E-state index in [0.29, 0.717) is 17.7 Å². The molecule has 0 heterocycles. The average Bonchev–Trinajstić information content (AvgIpc) is 2.90. The van der Waals surface area contributed by atoms with Gasteiger partial charge in [0.25, 0.3) is 10.0 Å². The molecule has 0 bridgehead atoms. The van der Waals surface area contributed by atoms with Gasteiger partial charge in [-0.25, -0.2) is 21.2 Å². The number of sulfonamides is 1. The van der Waals surface area contributed by atoms with E-state index in [2.05, 4.69) is 5.32 Å². The second-order valence-corrected chi connectivity index (χ2v) is 12.3. The third kappa shape index (κ3) is 6.62. The SMILES string of the molecule is CCC(NC(=O)CN(c1ccc(F)cc1)S(=O)(=O)c1ccc(OC)c(OC)c1)c1ccc(S(C)(=O)=O)cc1. The van der Waals surface area contributed by atoms with Crippen LogP contribution in [0.3, 0.4) is 0 Å². The predicted octanol–water partition coefficient (Wildman–Crippen LogP) is 3.71.